The molecule has 134 valence electrons. The highest BCUT2D eigenvalue weighted by atomic mass is 16.5. The summed E-state index contributed by atoms with van der Waals surface area (Å²) in [5.74, 6) is 0.869. The molecule has 0 aliphatic carbocycles. The second-order valence-electron chi connectivity index (χ2n) is 6.67. The van der Waals surface area contributed by atoms with Crippen LogP contribution in [-0.2, 0) is 9.53 Å². The Morgan fingerprint density at radius 3 is 2.68 bits per heavy atom. The van der Waals surface area contributed by atoms with Gasteiger partial charge in [0, 0.05) is 26.2 Å². The lowest BCUT2D eigenvalue weighted by Gasteiger charge is -2.31. The Balaban J connectivity index is 1.35. The van der Waals surface area contributed by atoms with Crippen LogP contribution in [0.25, 0.3) is 0 Å². The van der Waals surface area contributed by atoms with Crippen LogP contribution in [0.4, 0.5) is 0 Å². The highest BCUT2D eigenvalue weighted by molar-refractivity contribution is 5.78. The number of rotatable bonds is 6. The van der Waals surface area contributed by atoms with E-state index in [2.05, 4.69) is 16.3 Å². The second-order valence-corrected chi connectivity index (χ2v) is 6.67. The molecule has 0 bridgehead atoms. The van der Waals surface area contributed by atoms with Crippen molar-refractivity contribution >= 4 is 5.91 Å². The van der Waals surface area contributed by atoms with E-state index in [4.69, 9.17) is 14.7 Å². The molecular formula is C19H25N3O3. The van der Waals surface area contributed by atoms with Crippen molar-refractivity contribution in [2.45, 2.75) is 37.9 Å². The SMILES string of the molecule is N#Cc1ccc(OC2CCN(CC(=O)NC[C@H]3CCCO3)CC2)cc1. The van der Waals surface area contributed by atoms with Gasteiger partial charge in [-0.3, -0.25) is 9.69 Å². The molecule has 25 heavy (non-hydrogen) atoms. The van der Waals surface area contributed by atoms with Gasteiger partial charge < -0.3 is 14.8 Å². The molecule has 3 rings (SSSR count). The van der Waals surface area contributed by atoms with Crippen LogP contribution < -0.4 is 10.1 Å². The van der Waals surface area contributed by atoms with Crippen molar-refractivity contribution in [1.82, 2.24) is 10.2 Å². The Hall–Kier alpha value is -2.10. The molecule has 1 aromatic rings. The fraction of sp³-hybridized carbons (Fsp3) is 0.579. The van der Waals surface area contributed by atoms with E-state index in [0.29, 0.717) is 18.7 Å². The van der Waals surface area contributed by atoms with E-state index in [0.717, 1.165) is 51.1 Å². The number of nitrogens with one attached hydrogen (secondary N) is 1. The van der Waals surface area contributed by atoms with E-state index in [1.165, 1.54) is 0 Å². The maximum Gasteiger partial charge on any atom is 0.234 e. The maximum atomic E-state index is 12.0. The molecule has 0 aromatic heterocycles. The number of carbonyl (C=O) groups is 1. The van der Waals surface area contributed by atoms with E-state index in [-0.39, 0.29) is 18.1 Å². The minimum atomic E-state index is 0.0713. The first-order valence-electron chi connectivity index (χ1n) is 9.00. The molecule has 1 atom stereocenters. The molecule has 2 saturated heterocycles. The summed E-state index contributed by atoms with van der Waals surface area (Å²) in [6.45, 7) is 3.59. The molecule has 1 N–H and O–H groups in total. The molecule has 0 spiro atoms. The largest absolute Gasteiger partial charge is 0.490 e. The first-order valence-corrected chi connectivity index (χ1v) is 9.00. The number of hydrogen-bond acceptors (Lipinski definition) is 5. The summed E-state index contributed by atoms with van der Waals surface area (Å²) in [6.07, 6.45) is 4.29. The van der Waals surface area contributed by atoms with Gasteiger partial charge in [-0.15, -0.1) is 0 Å². The van der Waals surface area contributed by atoms with Crippen LogP contribution in [-0.4, -0.2) is 55.8 Å². The molecule has 0 radical (unpaired) electrons. The van der Waals surface area contributed by atoms with Crippen LogP contribution in [0.1, 0.15) is 31.2 Å². The fourth-order valence-electron chi connectivity index (χ4n) is 3.28. The van der Waals surface area contributed by atoms with Gasteiger partial charge in [-0.2, -0.15) is 5.26 Å². The van der Waals surface area contributed by atoms with Crippen molar-refractivity contribution in [1.29, 1.82) is 5.26 Å². The quantitative estimate of drug-likeness (QED) is 0.851. The zero-order chi connectivity index (χ0) is 17.5. The van der Waals surface area contributed by atoms with Crippen LogP contribution in [0.15, 0.2) is 24.3 Å². The Morgan fingerprint density at radius 2 is 2.04 bits per heavy atom. The smallest absolute Gasteiger partial charge is 0.234 e. The molecule has 0 saturated carbocycles. The third-order valence-corrected chi connectivity index (χ3v) is 4.74. The number of nitrogens with zero attached hydrogens (tertiary/aromatic N) is 2. The molecule has 0 unspecified atom stereocenters. The number of hydrogen-bond donors (Lipinski definition) is 1. The van der Waals surface area contributed by atoms with Gasteiger partial charge in [0.1, 0.15) is 11.9 Å². The minimum Gasteiger partial charge on any atom is -0.490 e. The summed E-state index contributed by atoms with van der Waals surface area (Å²) in [4.78, 5) is 14.2. The zero-order valence-electron chi connectivity index (χ0n) is 14.4. The summed E-state index contributed by atoms with van der Waals surface area (Å²) < 4.78 is 11.5. The number of amides is 1. The Morgan fingerprint density at radius 1 is 1.28 bits per heavy atom. The van der Waals surface area contributed by atoms with Gasteiger partial charge in [-0.1, -0.05) is 0 Å². The molecule has 2 heterocycles. The second kappa shape index (κ2) is 8.84. The average molecular weight is 343 g/mol. The lowest BCUT2D eigenvalue weighted by Crippen LogP contribution is -2.44. The molecule has 2 fully saturated rings. The molecule has 6 heteroatoms. The maximum absolute atomic E-state index is 12.0. The van der Waals surface area contributed by atoms with Crippen LogP contribution in [0.3, 0.4) is 0 Å². The Labute approximate surface area is 148 Å². The normalized spacial score (nSPS) is 21.6. The molecule has 2 aliphatic heterocycles. The van der Waals surface area contributed by atoms with E-state index in [1.54, 1.807) is 12.1 Å². The van der Waals surface area contributed by atoms with E-state index >= 15 is 0 Å². The topological polar surface area (TPSA) is 74.6 Å². The monoisotopic (exact) mass is 343 g/mol. The summed E-state index contributed by atoms with van der Waals surface area (Å²) in [5.41, 5.74) is 0.635. The van der Waals surface area contributed by atoms with Crippen molar-refractivity contribution < 1.29 is 14.3 Å². The van der Waals surface area contributed by atoms with Gasteiger partial charge >= 0.3 is 0 Å². The predicted molar refractivity (Wildman–Crippen MR) is 93.2 cm³/mol. The summed E-state index contributed by atoms with van der Waals surface area (Å²) in [7, 11) is 0. The summed E-state index contributed by atoms with van der Waals surface area (Å²) in [6, 6.07) is 9.31. The zero-order valence-corrected chi connectivity index (χ0v) is 14.4. The number of nitriles is 1. The number of ether oxygens (including phenoxy) is 2. The number of likely N-dealkylation sites (tertiary alicyclic amines) is 1. The molecule has 1 amide bonds. The first-order chi connectivity index (χ1) is 12.2. The van der Waals surface area contributed by atoms with Gasteiger partial charge in [0.25, 0.3) is 0 Å². The molecule has 6 nitrogen and oxygen atoms in total. The Kier molecular flexibility index (Phi) is 6.26. The highest BCUT2D eigenvalue weighted by Crippen LogP contribution is 2.19. The van der Waals surface area contributed by atoms with Crippen LogP contribution in [0.5, 0.6) is 5.75 Å². The van der Waals surface area contributed by atoms with Crippen molar-refractivity contribution in [2.75, 3.05) is 32.8 Å². The van der Waals surface area contributed by atoms with Crippen LogP contribution in [0, 0.1) is 11.3 Å². The van der Waals surface area contributed by atoms with Gasteiger partial charge in [0.2, 0.25) is 5.91 Å². The van der Waals surface area contributed by atoms with Crippen molar-refractivity contribution in [3.63, 3.8) is 0 Å². The number of benzene rings is 1. The predicted octanol–water partition coefficient (Wildman–Crippen LogP) is 1.70. The van der Waals surface area contributed by atoms with Crippen molar-refractivity contribution in [3.05, 3.63) is 29.8 Å². The fourth-order valence-corrected chi connectivity index (χ4v) is 3.28. The van der Waals surface area contributed by atoms with Crippen molar-refractivity contribution in [2.24, 2.45) is 0 Å². The van der Waals surface area contributed by atoms with Crippen LogP contribution >= 0.6 is 0 Å². The minimum absolute atomic E-state index is 0.0713. The average Bonchev–Trinajstić information content (AvgIpc) is 3.16. The highest BCUT2D eigenvalue weighted by Gasteiger charge is 2.23. The summed E-state index contributed by atoms with van der Waals surface area (Å²) in [5, 5.41) is 11.8. The number of carbonyl (C=O) groups excluding carboxylic acids is 1. The van der Waals surface area contributed by atoms with Gasteiger partial charge in [0.15, 0.2) is 0 Å². The molecular weight excluding hydrogens is 318 g/mol. The first kappa shape index (κ1) is 17.7. The van der Waals surface area contributed by atoms with Crippen LogP contribution in [0.2, 0.25) is 0 Å². The lowest BCUT2D eigenvalue weighted by atomic mass is 10.1. The Bertz CT molecular complexity index is 597. The van der Waals surface area contributed by atoms with E-state index in [1.807, 2.05) is 12.1 Å². The van der Waals surface area contributed by atoms with Crippen molar-refractivity contribution in [3.8, 4) is 11.8 Å². The van der Waals surface area contributed by atoms with E-state index < -0.39 is 0 Å². The molecule has 2 aliphatic rings. The van der Waals surface area contributed by atoms with Gasteiger partial charge in [-0.05, 0) is 49.9 Å². The standard InChI is InChI=1S/C19H25N3O3/c20-12-15-3-5-16(6-4-15)25-17-7-9-22(10-8-17)14-19(23)21-13-18-2-1-11-24-18/h3-6,17-18H,1-2,7-11,13-14H2,(H,21,23)/t18-/m1/s1. The third-order valence-electron chi connectivity index (χ3n) is 4.74. The van der Waals surface area contributed by atoms with E-state index in [9.17, 15) is 4.79 Å². The third kappa shape index (κ3) is 5.45. The summed E-state index contributed by atoms with van der Waals surface area (Å²) >= 11 is 0. The van der Waals surface area contributed by atoms with Gasteiger partial charge in [0.05, 0.1) is 24.3 Å². The van der Waals surface area contributed by atoms with Gasteiger partial charge in [-0.25, -0.2) is 0 Å². The number of piperidine rings is 1. The lowest BCUT2D eigenvalue weighted by molar-refractivity contribution is -0.123. The molecule has 1 aromatic carbocycles.